The summed E-state index contributed by atoms with van der Waals surface area (Å²) in [6.45, 7) is 6.16. The van der Waals surface area contributed by atoms with Crippen LogP contribution in [0.5, 0.6) is 0 Å². The average molecular weight is 333 g/mol. The second-order valence-corrected chi connectivity index (χ2v) is 6.75. The van der Waals surface area contributed by atoms with E-state index >= 15 is 0 Å². The summed E-state index contributed by atoms with van der Waals surface area (Å²) in [6, 6.07) is 0. The number of carbonyl (C=O) groups is 2. The van der Waals surface area contributed by atoms with Crippen LogP contribution in [0.15, 0.2) is 11.3 Å². The van der Waals surface area contributed by atoms with Crippen LogP contribution in [0.2, 0.25) is 0 Å². The van der Waals surface area contributed by atoms with E-state index in [0.29, 0.717) is 38.0 Å². The third-order valence-corrected chi connectivity index (χ3v) is 4.48. The topological polar surface area (TPSA) is 46.6 Å². The molecular formula is C16H22F3NO3. The smallest absolute Gasteiger partial charge is 0.454 e. The van der Waals surface area contributed by atoms with Crippen LogP contribution in [0.4, 0.5) is 13.2 Å². The molecule has 1 fully saturated rings. The van der Waals surface area contributed by atoms with E-state index in [0.717, 1.165) is 0 Å². The number of rotatable bonds is 4. The highest BCUT2D eigenvalue weighted by Gasteiger charge is 2.52. The van der Waals surface area contributed by atoms with Crippen molar-refractivity contribution >= 4 is 11.8 Å². The summed E-state index contributed by atoms with van der Waals surface area (Å²) in [5, 5.41) is 0. The van der Waals surface area contributed by atoms with Gasteiger partial charge in [-0.3, -0.25) is 9.59 Å². The molecule has 23 heavy (non-hydrogen) atoms. The number of esters is 1. The Balaban J connectivity index is 2.22. The fraction of sp³-hybridized carbons (Fsp3) is 0.750. The van der Waals surface area contributed by atoms with Gasteiger partial charge in [-0.25, -0.2) is 0 Å². The van der Waals surface area contributed by atoms with E-state index in [9.17, 15) is 22.8 Å². The number of allylic oxidation sites excluding steroid dienone is 2. The second-order valence-electron chi connectivity index (χ2n) is 6.75. The number of carbonyl (C=O) groups excluding carboxylic acids is 2. The molecule has 1 unspecified atom stereocenters. The summed E-state index contributed by atoms with van der Waals surface area (Å²) in [5.41, 5.74) is -0.500. The van der Waals surface area contributed by atoms with Crippen molar-refractivity contribution in [1.82, 2.24) is 4.90 Å². The molecule has 0 bridgehead atoms. The van der Waals surface area contributed by atoms with E-state index in [-0.39, 0.29) is 24.1 Å². The summed E-state index contributed by atoms with van der Waals surface area (Å²) in [4.78, 5) is 25.4. The maximum Gasteiger partial charge on any atom is 0.454 e. The van der Waals surface area contributed by atoms with Crippen LogP contribution in [0.1, 0.15) is 40.0 Å². The van der Waals surface area contributed by atoms with Crippen molar-refractivity contribution in [2.75, 3.05) is 19.7 Å². The van der Waals surface area contributed by atoms with Gasteiger partial charge in [0.2, 0.25) is 0 Å². The maximum atomic E-state index is 12.8. The number of alkyl halides is 3. The molecule has 0 spiro atoms. The Morgan fingerprint density at radius 3 is 2.52 bits per heavy atom. The molecule has 0 aromatic heterocycles. The molecule has 1 heterocycles. The fourth-order valence-corrected chi connectivity index (χ4v) is 3.40. The molecule has 0 aromatic rings. The predicted octanol–water partition coefficient (Wildman–Crippen LogP) is 3.08. The molecule has 2 aliphatic rings. The first kappa shape index (κ1) is 17.8. The number of hydrogen-bond acceptors (Lipinski definition) is 4. The summed E-state index contributed by atoms with van der Waals surface area (Å²) < 4.78 is 43.5. The van der Waals surface area contributed by atoms with Gasteiger partial charge in [0.1, 0.15) is 0 Å². The van der Waals surface area contributed by atoms with Gasteiger partial charge in [-0.1, -0.05) is 13.8 Å². The van der Waals surface area contributed by atoms with Crippen molar-refractivity contribution in [3.8, 4) is 0 Å². The van der Waals surface area contributed by atoms with Gasteiger partial charge in [-0.15, -0.1) is 0 Å². The SMILES string of the molecule is CCOC(=O)C1CCCN(C2=C(C(=O)C(F)(F)F)C(C)(C)C2)C1. The van der Waals surface area contributed by atoms with E-state index in [4.69, 9.17) is 4.74 Å². The lowest BCUT2D eigenvalue weighted by Crippen LogP contribution is -2.47. The normalized spacial score (nSPS) is 24.3. The zero-order valence-corrected chi connectivity index (χ0v) is 13.6. The van der Waals surface area contributed by atoms with E-state index in [1.54, 1.807) is 25.7 Å². The largest absolute Gasteiger partial charge is 0.466 e. The monoisotopic (exact) mass is 333 g/mol. The molecule has 0 saturated carbocycles. The van der Waals surface area contributed by atoms with Crippen molar-refractivity contribution in [3.63, 3.8) is 0 Å². The van der Waals surface area contributed by atoms with Crippen molar-refractivity contribution in [2.45, 2.75) is 46.2 Å². The van der Waals surface area contributed by atoms with Crippen LogP contribution in [0, 0.1) is 11.3 Å². The third kappa shape index (κ3) is 3.53. The third-order valence-electron chi connectivity index (χ3n) is 4.48. The standard InChI is InChI=1S/C16H22F3NO3/c1-4-23-14(22)10-6-5-7-20(9-10)11-8-15(2,3)12(11)13(21)16(17,18)19/h10H,4-9H2,1-3H3. The van der Waals surface area contributed by atoms with Crippen molar-refractivity contribution in [3.05, 3.63) is 11.3 Å². The highest BCUT2D eigenvalue weighted by Crippen LogP contribution is 2.50. The first-order valence-electron chi connectivity index (χ1n) is 7.84. The van der Waals surface area contributed by atoms with Crippen molar-refractivity contribution in [1.29, 1.82) is 0 Å². The van der Waals surface area contributed by atoms with Gasteiger partial charge in [-0.2, -0.15) is 13.2 Å². The zero-order valence-electron chi connectivity index (χ0n) is 13.6. The molecule has 2 rings (SSSR count). The summed E-state index contributed by atoms with van der Waals surface area (Å²) >= 11 is 0. The minimum Gasteiger partial charge on any atom is -0.466 e. The number of likely N-dealkylation sites (tertiary alicyclic amines) is 1. The van der Waals surface area contributed by atoms with Crippen molar-refractivity contribution < 1.29 is 27.5 Å². The molecule has 0 amide bonds. The van der Waals surface area contributed by atoms with Crippen LogP contribution in [0.3, 0.4) is 0 Å². The predicted molar refractivity (Wildman–Crippen MR) is 77.4 cm³/mol. The molecule has 130 valence electrons. The molecule has 1 atom stereocenters. The quantitative estimate of drug-likeness (QED) is 0.742. The van der Waals surface area contributed by atoms with E-state index in [1.807, 2.05) is 0 Å². The van der Waals surface area contributed by atoms with Crippen LogP contribution in [0.25, 0.3) is 0 Å². The Bertz CT molecular complexity index is 537. The summed E-state index contributed by atoms with van der Waals surface area (Å²) in [5.74, 6) is -2.43. The number of nitrogens with zero attached hydrogens (tertiary/aromatic N) is 1. The number of ketones is 1. The van der Waals surface area contributed by atoms with E-state index in [1.165, 1.54) is 0 Å². The molecule has 1 aliphatic heterocycles. The van der Waals surface area contributed by atoms with E-state index < -0.39 is 17.4 Å². The number of halogens is 3. The second kappa shape index (κ2) is 6.17. The molecule has 0 N–H and O–H groups in total. The zero-order chi connectivity index (χ0) is 17.4. The molecule has 0 radical (unpaired) electrons. The van der Waals surface area contributed by atoms with Crippen LogP contribution in [-0.2, 0) is 14.3 Å². The molecular weight excluding hydrogens is 311 g/mol. The fourth-order valence-electron chi connectivity index (χ4n) is 3.40. The maximum absolute atomic E-state index is 12.8. The van der Waals surface area contributed by atoms with Crippen LogP contribution >= 0.6 is 0 Å². The highest BCUT2D eigenvalue weighted by atomic mass is 19.4. The van der Waals surface area contributed by atoms with Gasteiger partial charge >= 0.3 is 12.1 Å². The number of Topliss-reactive ketones (excluding diaryl/α,β-unsaturated/α-hetero) is 1. The van der Waals surface area contributed by atoms with Crippen LogP contribution in [-0.4, -0.2) is 42.5 Å². The average Bonchev–Trinajstić information content (AvgIpc) is 2.44. The molecule has 1 saturated heterocycles. The number of piperidine rings is 1. The lowest BCUT2D eigenvalue weighted by atomic mass is 9.66. The number of hydrogen-bond donors (Lipinski definition) is 0. The van der Waals surface area contributed by atoms with Gasteiger partial charge in [0.05, 0.1) is 12.5 Å². The van der Waals surface area contributed by atoms with Gasteiger partial charge in [0.25, 0.3) is 5.78 Å². The van der Waals surface area contributed by atoms with Gasteiger partial charge in [0.15, 0.2) is 0 Å². The van der Waals surface area contributed by atoms with Crippen LogP contribution < -0.4 is 0 Å². The Hall–Kier alpha value is -1.53. The lowest BCUT2D eigenvalue weighted by molar-refractivity contribution is -0.168. The van der Waals surface area contributed by atoms with Gasteiger partial charge < -0.3 is 9.64 Å². The Morgan fingerprint density at radius 2 is 2.00 bits per heavy atom. The highest BCUT2D eigenvalue weighted by molar-refractivity contribution is 6.02. The molecule has 7 heteroatoms. The molecule has 4 nitrogen and oxygen atoms in total. The number of ether oxygens (including phenoxy) is 1. The Labute approximate surface area is 133 Å². The first-order chi connectivity index (χ1) is 10.6. The Morgan fingerprint density at radius 1 is 1.35 bits per heavy atom. The minimum absolute atomic E-state index is 0.158. The lowest BCUT2D eigenvalue weighted by Gasteiger charge is -2.47. The van der Waals surface area contributed by atoms with Gasteiger partial charge in [0, 0.05) is 29.8 Å². The summed E-state index contributed by atoms with van der Waals surface area (Å²) in [6.07, 6.45) is -3.09. The molecule has 1 aliphatic carbocycles. The van der Waals surface area contributed by atoms with Crippen molar-refractivity contribution in [2.24, 2.45) is 11.3 Å². The summed E-state index contributed by atoms with van der Waals surface area (Å²) in [7, 11) is 0. The van der Waals surface area contributed by atoms with E-state index in [2.05, 4.69) is 0 Å². The Kier molecular flexibility index (Phi) is 4.78. The van der Waals surface area contributed by atoms with Gasteiger partial charge in [-0.05, 0) is 26.2 Å². The minimum atomic E-state index is -4.87. The molecule has 0 aromatic carbocycles. The first-order valence-corrected chi connectivity index (χ1v) is 7.84.